The molecule has 3 aromatic carbocycles. The molecule has 0 spiro atoms. The maximum atomic E-state index is 2.63. The van der Waals surface area contributed by atoms with E-state index in [-0.39, 0.29) is 0 Å². The minimum Gasteiger partial charge on any atom is -0.364 e. The van der Waals surface area contributed by atoms with Crippen LogP contribution in [0.15, 0.2) is 72.8 Å². The van der Waals surface area contributed by atoms with Crippen molar-refractivity contribution in [1.82, 2.24) is 0 Å². The van der Waals surface area contributed by atoms with Gasteiger partial charge in [-0.25, -0.2) is 0 Å². The lowest BCUT2D eigenvalue weighted by atomic mass is 9.88. The molecule has 3 aromatic rings. The van der Waals surface area contributed by atoms with E-state index >= 15 is 0 Å². The molecule has 0 radical (unpaired) electrons. The number of hydrogen-bond donors (Lipinski definition) is 0. The van der Waals surface area contributed by atoms with Crippen LogP contribution >= 0.6 is 0 Å². The van der Waals surface area contributed by atoms with Crippen molar-refractivity contribution in [2.45, 2.75) is 39.2 Å². The van der Waals surface area contributed by atoms with E-state index < -0.39 is 0 Å². The summed E-state index contributed by atoms with van der Waals surface area (Å²) in [6, 6.07) is 27.3. The summed E-state index contributed by atoms with van der Waals surface area (Å²) in [5.41, 5.74) is 8.52. The number of benzene rings is 3. The Kier molecular flexibility index (Phi) is 4.79. The minimum atomic E-state index is 0.446. The van der Waals surface area contributed by atoms with E-state index in [4.69, 9.17) is 0 Å². The molecule has 0 saturated heterocycles. The molecule has 1 heterocycles. The number of hydrogen-bond acceptors (Lipinski definition) is 1. The molecule has 0 fully saturated rings. The van der Waals surface area contributed by atoms with E-state index in [1.54, 1.807) is 0 Å². The molecule has 132 valence electrons. The van der Waals surface area contributed by atoms with Crippen LogP contribution in [-0.2, 0) is 12.8 Å². The molecule has 1 nitrogen and oxygen atoms in total. The van der Waals surface area contributed by atoms with Crippen LogP contribution in [0.5, 0.6) is 0 Å². The lowest BCUT2D eigenvalue weighted by molar-refractivity contribution is 0.545. The predicted molar refractivity (Wildman–Crippen MR) is 111 cm³/mol. The Hall–Kier alpha value is -2.54. The summed E-state index contributed by atoms with van der Waals surface area (Å²) in [6.45, 7) is 5.50. The molecule has 0 amide bonds. The van der Waals surface area contributed by atoms with E-state index in [0.29, 0.717) is 6.04 Å². The molecule has 1 aliphatic rings. The maximum absolute atomic E-state index is 2.63. The summed E-state index contributed by atoms with van der Waals surface area (Å²) >= 11 is 0. The molecule has 0 bridgehead atoms. The maximum Gasteiger partial charge on any atom is 0.0548 e. The van der Waals surface area contributed by atoms with Gasteiger partial charge in [-0.05, 0) is 73.1 Å². The molecule has 0 N–H and O–H groups in total. The van der Waals surface area contributed by atoms with Gasteiger partial charge in [0.15, 0.2) is 0 Å². The fourth-order valence-corrected chi connectivity index (χ4v) is 4.34. The van der Waals surface area contributed by atoms with Crippen molar-refractivity contribution in [2.24, 2.45) is 0 Å². The first kappa shape index (κ1) is 16.9. The van der Waals surface area contributed by atoms with Crippen LogP contribution in [0, 0.1) is 13.8 Å². The van der Waals surface area contributed by atoms with Crippen molar-refractivity contribution < 1.29 is 0 Å². The predicted octanol–water partition coefficient (Wildman–Crippen LogP) is 6.04. The number of fused-ring (bicyclic) bond motifs is 1. The first-order valence-corrected chi connectivity index (χ1v) is 9.67. The Morgan fingerprint density at radius 3 is 2.31 bits per heavy atom. The first-order chi connectivity index (χ1) is 12.7. The Bertz CT molecular complexity index is 861. The van der Waals surface area contributed by atoms with Crippen molar-refractivity contribution in [3.8, 4) is 0 Å². The van der Waals surface area contributed by atoms with Crippen molar-refractivity contribution in [3.63, 3.8) is 0 Å². The average Bonchev–Trinajstić information content (AvgIpc) is 2.66. The fraction of sp³-hybridized carbons (Fsp3) is 0.280. The zero-order valence-electron chi connectivity index (χ0n) is 15.8. The molecular formula is C25H27N. The van der Waals surface area contributed by atoms with E-state index in [1.165, 1.54) is 33.5 Å². The number of aryl methyl sites for hydroxylation is 3. The molecule has 0 aliphatic carbocycles. The number of anilines is 1. The number of nitrogens with zero attached hydrogens (tertiary/aromatic N) is 1. The van der Waals surface area contributed by atoms with Gasteiger partial charge >= 0.3 is 0 Å². The number of rotatable bonds is 4. The van der Waals surface area contributed by atoms with Gasteiger partial charge in [-0.3, -0.25) is 0 Å². The van der Waals surface area contributed by atoms with Crippen molar-refractivity contribution in [2.75, 3.05) is 11.4 Å². The largest absolute Gasteiger partial charge is 0.364 e. The third-order valence-corrected chi connectivity index (χ3v) is 5.50. The normalized spacial score (nSPS) is 16.4. The van der Waals surface area contributed by atoms with Gasteiger partial charge in [0.25, 0.3) is 0 Å². The molecule has 26 heavy (non-hydrogen) atoms. The van der Waals surface area contributed by atoms with Crippen LogP contribution < -0.4 is 4.90 Å². The third-order valence-electron chi connectivity index (χ3n) is 5.50. The Morgan fingerprint density at radius 2 is 1.54 bits per heavy atom. The zero-order chi connectivity index (χ0) is 17.9. The van der Waals surface area contributed by atoms with Gasteiger partial charge < -0.3 is 4.90 Å². The lowest BCUT2D eigenvalue weighted by Gasteiger charge is -2.39. The highest BCUT2D eigenvalue weighted by molar-refractivity contribution is 5.55. The quantitative estimate of drug-likeness (QED) is 0.559. The summed E-state index contributed by atoms with van der Waals surface area (Å²) in [5.74, 6) is 0. The highest BCUT2D eigenvalue weighted by Gasteiger charge is 2.27. The summed E-state index contributed by atoms with van der Waals surface area (Å²) < 4.78 is 0. The average molecular weight is 341 g/mol. The standard InChI is InChI=1S/C25H27N/c1-19-16-20(2)18-23(17-19)26-15-14-22-10-6-7-11-24(22)25(26)13-12-21-8-4-3-5-9-21/h3-11,16-18,25H,12-15H2,1-2H3. The lowest BCUT2D eigenvalue weighted by Crippen LogP contribution is -2.36. The van der Waals surface area contributed by atoms with Gasteiger partial charge in [0.05, 0.1) is 6.04 Å². The molecule has 4 rings (SSSR count). The monoisotopic (exact) mass is 341 g/mol. The van der Waals surface area contributed by atoms with Crippen LogP contribution in [0.4, 0.5) is 5.69 Å². The topological polar surface area (TPSA) is 3.24 Å². The molecule has 1 heteroatoms. The molecule has 1 aliphatic heterocycles. The van der Waals surface area contributed by atoms with Crippen molar-refractivity contribution in [3.05, 3.63) is 101 Å². The molecule has 1 unspecified atom stereocenters. The second-order valence-electron chi connectivity index (χ2n) is 7.53. The smallest absolute Gasteiger partial charge is 0.0548 e. The van der Waals surface area contributed by atoms with E-state index in [0.717, 1.165) is 25.8 Å². The van der Waals surface area contributed by atoms with Crippen LogP contribution in [0.3, 0.4) is 0 Å². The van der Waals surface area contributed by atoms with Gasteiger partial charge in [-0.2, -0.15) is 0 Å². The molecule has 0 aromatic heterocycles. The third kappa shape index (κ3) is 3.53. The van der Waals surface area contributed by atoms with Gasteiger partial charge in [0, 0.05) is 12.2 Å². The summed E-state index contributed by atoms with van der Waals surface area (Å²) in [6.07, 6.45) is 3.39. The van der Waals surface area contributed by atoms with E-state index in [9.17, 15) is 0 Å². The van der Waals surface area contributed by atoms with E-state index in [1.807, 2.05) is 0 Å². The molecule has 1 atom stereocenters. The van der Waals surface area contributed by atoms with Crippen molar-refractivity contribution in [1.29, 1.82) is 0 Å². The highest BCUT2D eigenvalue weighted by atomic mass is 15.2. The van der Waals surface area contributed by atoms with Gasteiger partial charge in [0.2, 0.25) is 0 Å². The summed E-state index contributed by atoms with van der Waals surface area (Å²) in [7, 11) is 0. The molecule has 0 saturated carbocycles. The Labute approximate surface area is 157 Å². The first-order valence-electron chi connectivity index (χ1n) is 9.67. The summed E-state index contributed by atoms with van der Waals surface area (Å²) in [4.78, 5) is 2.63. The molecular weight excluding hydrogens is 314 g/mol. The van der Waals surface area contributed by atoms with Crippen molar-refractivity contribution >= 4 is 5.69 Å². The fourth-order valence-electron chi connectivity index (χ4n) is 4.34. The van der Waals surface area contributed by atoms with Crippen LogP contribution in [0.2, 0.25) is 0 Å². The zero-order valence-corrected chi connectivity index (χ0v) is 15.8. The Morgan fingerprint density at radius 1 is 0.846 bits per heavy atom. The minimum absolute atomic E-state index is 0.446. The second kappa shape index (κ2) is 7.37. The van der Waals surface area contributed by atoms with Gasteiger partial charge in [0.1, 0.15) is 0 Å². The van der Waals surface area contributed by atoms with Crippen LogP contribution in [0.1, 0.15) is 40.3 Å². The highest BCUT2D eigenvalue weighted by Crippen LogP contribution is 2.37. The van der Waals surface area contributed by atoms with Gasteiger partial charge in [-0.15, -0.1) is 0 Å². The van der Waals surface area contributed by atoms with Gasteiger partial charge in [-0.1, -0.05) is 60.7 Å². The summed E-state index contributed by atoms with van der Waals surface area (Å²) in [5, 5.41) is 0. The van der Waals surface area contributed by atoms with E-state index in [2.05, 4.69) is 91.5 Å². The van der Waals surface area contributed by atoms with Crippen LogP contribution in [0.25, 0.3) is 0 Å². The SMILES string of the molecule is Cc1cc(C)cc(N2CCc3ccccc3C2CCc2ccccc2)c1. The van der Waals surface area contributed by atoms with Crippen LogP contribution in [-0.4, -0.2) is 6.54 Å². The Balaban J connectivity index is 1.68. The second-order valence-corrected chi connectivity index (χ2v) is 7.53.